The summed E-state index contributed by atoms with van der Waals surface area (Å²) in [6, 6.07) is 67.3. The number of aryl methyl sites for hydroxylation is 1. The molecule has 0 N–H and O–H groups in total. The second-order valence-electron chi connectivity index (χ2n) is 15.9. The molecule has 0 spiro atoms. The topological polar surface area (TPSA) is 35.6 Å². The van der Waals surface area contributed by atoms with Crippen LogP contribution in [-0.4, -0.2) is 27.2 Å². The highest BCUT2D eigenvalue weighted by molar-refractivity contribution is 7.99. The van der Waals surface area contributed by atoms with Crippen molar-refractivity contribution in [3.05, 3.63) is 199 Å². The first-order chi connectivity index (χ1) is 28.4. The highest BCUT2D eigenvalue weighted by Gasteiger charge is 2.42. The van der Waals surface area contributed by atoms with E-state index in [0.29, 0.717) is 0 Å². The van der Waals surface area contributed by atoms with Crippen LogP contribution in [-0.2, 0) is 12.5 Å². The molecule has 0 fully saturated rings. The van der Waals surface area contributed by atoms with Gasteiger partial charge in [-0.05, 0) is 86.5 Å². The zero-order chi connectivity index (χ0) is 39.0. The van der Waals surface area contributed by atoms with Gasteiger partial charge in [-0.25, -0.2) is 9.97 Å². The minimum Gasteiger partial charge on any atom is -0.327 e. The first-order valence-electron chi connectivity index (χ1n) is 19.9. The van der Waals surface area contributed by atoms with E-state index in [2.05, 4.69) is 212 Å². The van der Waals surface area contributed by atoms with Crippen molar-refractivity contribution in [2.75, 3.05) is 0 Å². The lowest BCUT2D eigenvalue weighted by Gasteiger charge is -2.35. The van der Waals surface area contributed by atoms with E-state index in [1.165, 1.54) is 52.6 Å². The Morgan fingerprint density at radius 1 is 0.534 bits per heavy atom. The lowest BCUT2D eigenvalue weighted by molar-refractivity contribution is 0.608. The van der Waals surface area contributed by atoms with E-state index < -0.39 is 8.07 Å². The molecule has 0 aliphatic carbocycles. The summed E-state index contributed by atoms with van der Waals surface area (Å²) in [4.78, 5) is 12.9. The minimum atomic E-state index is -2.96. The van der Waals surface area contributed by atoms with Gasteiger partial charge in [-0.2, -0.15) is 0 Å². The summed E-state index contributed by atoms with van der Waals surface area (Å²) in [6.07, 6.45) is 1.93. The predicted octanol–water partition coefficient (Wildman–Crippen LogP) is 9.90. The molecule has 11 rings (SSSR count). The van der Waals surface area contributed by atoms with Gasteiger partial charge in [0.15, 0.2) is 8.07 Å². The third-order valence-corrected chi connectivity index (χ3v) is 18.3. The van der Waals surface area contributed by atoms with Crippen molar-refractivity contribution in [1.82, 2.24) is 19.1 Å². The Morgan fingerprint density at radius 3 is 1.98 bits per heavy atom. The Bertz CT molecular complexity index is 3160. The SMILES string of the molecule is Cn1c(-c2cccc([Si](c3ccccc3)(c3ccccc3)c3cccc(-n4c5cc6c(cc5c5cccnc54)C(C)(C)c4ccccc4S6)c3)c2)nc2ccccc21. The molecule has 0 atom stereocenters. The summed E-state index contributed by atoms with van der Waals surface area (Å²) >= 11 is 1.88. The lowest BCUT2D eigenvalue weighted by Crippen LogP contribution is -2.74. The first-order valence-corrected chi connectivity index (χ1v) is 22.7. The lowest BCUT2D eigenvalue weighted by atomic mass is 9.77. The molecule has 0 radical (unpaired) electrons. The van der Waals surface area contributed by atoms with Crippen molar-refractivity contribution in [1.29, 1.82) is 0 Å². The van der Waals surface area contributed by atoms with Crippen molar-refractivity contribution in [3.63, 3.8) is 0 Å². The van der Waals surface area contributed by atoms with Crippen molar-refractivity contribution in [2.24, 2.45) is 7.05 Å². The molecular formula is C52H40N4SSi. The number of hydrogen-bond donors (Lipinski definition) is 0. The summed E-state index contributed by atoms with van der Waals surface area (Å²) in [6.45, 7) is 4.72. The number of benzene rings is 7. The maximum absolute atomic E-state index is 5.15. The molecule has 1 aliphatic rings. The van der Waals surface area contributed by atoms with Gasteiger partial charge < -0.3 is 4.57 Å². The van der Waals surface area contributed by atoms with Crippen molar-refractivity contribution >= 4 is 73.6 Å². The number of rotatable bonds is 6. The fraction of sp³-hybridized carbons (Fsp3) is 0.0769. The fourth-order valence-corrected chi connectivity index (χ4v) is 15.8. The highest BCUT2D eigenvalue weighted by Crippen LogP contribution is 2.51. The second kappa shape index (κ2) is 13.3. The van der Waals surface area contributed by atoms with Crippen LogP contribution in [0.25, 0.3) is 50.0 Å². The zero-order valence-electron chi connectivity index (χ0n) is 32.6. The van der Waals surface area contributed by atoms with Gasteiger partial charge in [0, 0.05) is 50.5 Å². The Hall–Kier alpha value is -6.47. The van der Waals surface area contributed by atoms with E-state index in [1.54, 1.807) is 0 Å². The normalized spacial score (nSPS) is 13.5. The molecule has 0 unspecified atom stereocenters. The standard InChI is InChI=1S/C52H40N4SSi/c1-52(2)43-26-10-13-29-48(43)57-49-34-47-42(33-44(49)52)41-25-16-30-53-51(41)56(47)36-18-15-24-40(32-36)58(37-19-6-4-7-20-37,38-21-8-5-9-22-38)39-23-14-17-35(31-39)50-54-45-27-11-12-28-46(45)55(50)3/h4-34H,1-3H3. The number of hydrogen-bond acceptors (Lipinski definition) is 3. The molecule has 10 aromatic rings. The molecule has 3 aromatic heterocycles. The van der Waals surface area contributed by atoms with E-state index in [1.807, 2.05) is 18.0 Å². The molecule has 0 bridgehead atoms. The number of para-hydroxylation sites is 2. The first kappa shape index (κ1) is 34.7. The van der Waals surface area contributed by atoms with Gasteiger partial charge in [0.25, 0.3) is 0 Å². The minimum absolute atomic E-state index is 0.130. The number of imidazole rings is 1. The van der Waals surface area contributed by atoms with Crippen LogP contribution in [0.3, 0.4) is 0 Å². The Morgan fingerprint density at radius 2 is 1.21 bits per heavy atom. The van der Waals surface area contributed by atoms with Crippen LogP contribution in [0.15, 0.2) is 198 Å². The predicted molar refractivity (Wildman–Crippen MR) is 245 cm³/mol. The van der Waals surface area contributed by atoms with E-state index in [9.17, 15) is 0 Å². The number of aromatic nitrogens is 4. The molecule has 6 heteroatoms. The second-order valence-corrected chi connectivity index (χ2v) is 20.8. The Balaban J connectivity index is 1.17. The Labute approximate surface area is 343 Å². The van der Waals surface area contributed by atoms with Crippen LogP contribution in [0.1, 0.15) is 25.0 Å². The molecule has 58 heavy (non-hydrogen) atoms. The fourth-order valence-electron chi connectivity index (χ4n) is 9.59. The van der Waals surface area contributed by atoms with E-state index in [4.69, 9.17) is 9.97 Å². The monoisotopic (exact) mass is 780 g/mol. The summed E-state index contributed by atoms with van der Waals surface area (Å²) in [5.74, 6) is 0.962. The number of nitrogens with zero attached hydrogens (tertiary/aromatic N) is 4. The van der Waals surface area contributed by atoms with Crippen LogP contribution >= 0.6 is 11.8 Å². The molecule has 1 aliphatic heterocycles. The van der Waals surface area contributed by atoms with Crippen LogP contribution < -0.4 is 20.7 Å². The number of pyridine rings is 1. The van der Waals surface area contributed by atoms with Crippen molar-refractivity contribution < 1.29 is 0 Å². The van der Waals surface area contributed by atoms with Crippen LogP contribution in [0.4, 0.5) is 0 Å². The number of fused-ring (bicyclic) bond motifs is 6. The van der Waals surface area contributed by atoms with Gasteiger partial charge in [-0.1, -0.05) is 153 Å². The van der Waals surface area contributed by atoms with Crippen molar-refractivity contribution in [2.45, 2.75) is 29.1 Å². The summed E-state index contributed by atoms with van der Waals surface area (Å²) in [5.41, 5.74) is 9.08. The maximum Gasteiger partial charge on any atom is 0.179 e. The van der Waals surface area contributed by atoms with Gasteiger partial charge in [-0.15, -0.1) is 0 Å². The Kier molecular flexibility index (Phi) is 7.97. The molecule has 0 saturated heterocycles. The van der Waals surface area contributed by atoms with Gasteiger partial charge >= 0.3 is 0 Å². The van der Waals surface area contributed by atoms with Crippen molar-refractivity contribution in [3.8, 4) is 17.1 Å². The largest absolute Gasteiger partial charge is 0.327 e. The highest BCUT2D eigenvalue weighted by atomic mass is 32.2. The van der Waals surface area contributed by atoms with E-state index in [0.717, 1.165) is 39.1 Å². The van der Waals surface area contributed by atoms with Crippen LogP contribution in [0.5, 0.6) is 0 Å². The summed E-state index contributed by atoms with van der Waals surface area (Å²) < 4.78 is 4.61. The molecule has 7 aromatic carbocycles. The average Bonchev–Trinajstić information content (AvgIpc) is 3.78. The van der Waals surface area contributed by atoms with E-state index >= 15 is 0 Å². The molecule has 4 heterocycles. The molecule has 278 valence electrons. The molecular weight excluding hydrogens is 741 g/mol. The van der Waals surface area contributed by atoms with Crippen LogP contribution in [0.2, 0.25) is 0 Å². The summed E-state index contributed by atoms with van der Waals surface area (Å²) in [5, 5.41) is 7.65. The third kappa shape index (κ3) is 5.15. The molecule has 0 amide bonds. The third-order valence-electron chi connectivity index (χ3n) is 12.4. The summed E-state index contributed by atoms with van der Waals surface area (Å²) in [7, 11) is -0.836. The average molecular weight is 781 g/mol. The van der Waals surface area contributed by atoms with Gasteiger partial charge in [0.1, 0.15) is 11.5 Å². The quantitative estimate of drug-likeness (QED) is 0.125. The van der Waals surface area contributed by atoms with E-state index in [-0.39, 0.29) is 5.41 Å². The van der Waals surface area contributed by atoms with Gasteiger partial charge in [0.2, 0.25) is 0 Å². The van der Waals surface area contributed by atoms with Gasteiger partial charge in [0.05, 0.1) is 16.6 Å². The molecule has 4 nitrogen and oxygen atoms in total. The smallest absolute Gasteiger partial charge is 0.179 e. The maximum atomic E-state index is 5.15. The van der Waals surface area contributed by atoms with Crippen LogP contribution in [0, 0.1) is 0 Å². The zero-order valence-corrected chi connectivity index (χ0v) is 34.4. The van der Waals surface area contributed by atoms with Gasteiger partial charge in [-0.3, -0.25) is 4.57 Å². The molecule has 0 saturated carbocycles.